The van der Waals surface area contributed by atoms with Gasteiger partial charge in [-0.3, -0.25) is 4.79 Å². The zero-order valence-corrected chi connectivity index (χ0v) is 16.0. The summed E-state index contributed by atoms with van der Waals surface area (Å²) in [5, 5.41) is 49.1. The number of rotatable bonds is 2. The van der Waals surface area contributed by atoms with Gasteiger partial charge < -0.3 is 39.7 Å². The van der Waals surface area contributed by atoms with Gasteiger partial charge in [-0.1, -0.05) is 0 Å². The van der Waals surface area contributed by atoms with Gasteiger partial charge in [0.25, 0.3) is 0 Å². The first-order valence-electron chi connectivity index (χ1n) is 9.24. The molecule has 0 aromatic heterocycles. The van der Waals surface area contributed by atoms with Gasteiger partial charge in [0, 0.05) is 17.7 Å². The largest absolute Gasteiger partial charge is 0.508 e. The molecule has 3 aromatic carbocycles. The van der Waals surface area contributed by atoms with E-state index in [1.54, 1.807) is 0 Å². The second-order valence-corrected chi connectivity index (χ2v) is 7.24. The molecule has 0 spiro atoms. The normalized spacial score (nSPS) is 20.6. The number of ketones is 1. The summed E-state index contributed by atoms with van der Waals surface area (Å²) in [4.78, 5) is 24.7. The fourth-order valence-electron chi connectivity index (χ4n) is 3.76. The molecule has 0 bridgehead atoms. The molecule has 5 N–H and O–H groups in total. The molecule has 0 aliphatic carbocycles. The Bertz CT molecular complexity index is 1310. The molecule has 0 fully saturated rings. The minimum Gasteiger partial charge on any atom is -0.508 e. The summed E-state index contributed by atoms with van der Waals surface area (Å²) in [7, 11) is 0. The highest BCUT2D eigenvalue weighted by molar-refractivity contribution is 6.06. The van der Waals surface area contributed by atoms with Gasteiger partial charge in [0.05, 0.1) is 5.56 Å². The molecule has 2 aliphatic heterocycles. The van der Waals surface area contributed by atoms with Crippen LogP contribution in [0, 0.1) is 0 Å². The number of carbonyl (C=O) groups excluding carboxylic acids is 1. The van der Waals surface area contributed by atoms with Crippen molar-refractivity contribution in [3.05, 3.63) is 65.2 Å². The number of fused-ring (bicyclic) bond motifs is 3. The van der Waals surface area contributed by atoms with Crippen molar-refractivity contribution in [1.29, 1.82) is 0 Å². The first-order valence-corrected chi connectivity index (χ1v) is 9.24. The molecule has 0 saturated heterocycles. The number of hydrogen-bond donors (Lipinski definition) is 5. The predicted octanol–water partition coefficient (Wildman–Crippen LogP) is 2.48. The lowest BCUT2D eigenvalue weighted by molar-refractivity contribution is -0.192. The van der Waals surface area contributed by atoms with Crippen LogP contribution < -0.4 is 14.2 Å². The SMILES string of the molecule is O=C(O)c1ccc2c(c1)OC1C(=O)c3c(O)cc(O)cc3OC1(c1ccc(O)c(O)c1)O2. The quantitative estimate of drug-likeness (QED) is 0.376. The molecule has 0 amide bonds. The molecule has 0 radical (unpaired) electrons. The molecule has 2 atom stereocenters. The Morgan fingerprint density at radius 1 is 0.812 bits per heavy atom. The predicted molar refractivity (Wildman–Crippen MR) is 105 cm³/mol. The third kappa shape index (κ3) is 2.66. The number of aromatic carboxylic acids is 1. The number of carboxylic acids is 1. The van der Waals surface area contributed by atoms with Crippen LogP contribution in [0.15, 0.2) is 48.5 Å². The number of phenolic OH excluding ortho intramolecular Hbond substituents is 4. The van der Waals surface area contributed by atoms with Crippen LogP contribution in [0.5, 0.6) is 40.2 Å². The van der Waals surface area contributed by atoms with Gasteiger partial charge in [0.2, 0.25) is 11.9 Å². The van der Waals surface area contributed by atoms with Gasteiger partial charge in [0.15, 0.2) is 23.0 Å². The van der Waals surface area contributed by atoms with E-state index in [1.165, 1.54) is 24.3 Å². The molecule has 2 unspecified atom stereocenters. The highest BCUT2D eigenvalue weighted by Crippen LogP contribution is 2.51. The Hall–Kier alpha value is -4.60. The maximum atomic E-state index is 13.4. The monoisotopic (exact) mass is 438 g/mol. The van der Waals surface area contributed by atoms with Crippen LogP contribution in [0.4, 0.5) is 0 Å². The third-order valence-corrected chi connectivity index (χ3v) is 5.23. The Labute approximate surface area is 179 Å². The van der Waals surface area contributed by atoms with Gasteiger partial charge in [-0.05, 0) is 36.4 Å². The lowest BCUT2D eigenvalue weighted by Crippen LogP contribution is -2.60. The number of phenols is 4. The summed E-state index contributed by atoms with van der Waals surface area (Å²) in [6.07, 6.45) is -1.58. The van der Waals surface area contributed by atoms with Gasteiger partial charge >= 0.3 is 11.8 Å². The Morgan fingerprint density at radius 2 is 1.56 bits per heavy atom. The van der Waals surface area contributed by atoms with E-state index in [0.717, 1.165) is 24.3 Å². The lowest BCUT2D eigenvalue weighted by atomic mass is 9.88. The van der Waals surface area contributed by atoms with Crippen LogP contribution in [0.2, 0.25) is 0 Å². The first kappa shape index (κ1) is 19.4. The van der Waals surface area contributed by atoms with Crippen LogP contribution in [-0.4, -0.2) is 43.4 Å². The van der Waals surface area contributed by atoms with Crippen molar-refractivity contribution in [2.24, 2.45) is 0 Å². The minimum atomic E-state index is -2.03. The summed E-state index contributed by atoms with van der Waals surface area (Å²) >= 11 is 0. The highest BCUT2D eigenvalue weighted by atomic mass is 16.7. The summed E-state index contributed by atoms with van der Waals surface area (Å²) in [6, 6.07) is 9.44. The molecule has 5 rings (SSSR count). The van der Waals surface area contributed by atoms with E-state index in [-0.39, 0.29) is 39.7 Å². The van der Waals surface area contributed by atoms with E-state index in [1.807, 2.05) is 0 Å². The third-order valence-electron chi connectivity index (χ3n) is 5.23. The first-order chi connectivity index (χ1) is 15.2. The van der Waals surface area contributed by atoms with Gasteiger partial charge in [-0.15, -0.1) is 0 Å². The van der Waals surface area contributed by atoms with Crippen LogP contribution in [0.3, 0.4) is 0 Å². The summed E-state index contributed by atoms with van der Waals surface area (Å²) in [5.41, 5.74) is -0.306. The average molecular weight is 438 g/mol. The van der Waals surface area contributed by atoms with Crippen molar-refractivity contribution in [2.75, 3.05) is 0 Å². The van der Waals surface area contributed by atoms with Crippen molar-refractivity contribution >= 4 is 11.8 Å². The van der Waals surface area contributed by atoms with E-state index < -0.39 is 40.9 Å². The molecule has 10 heteroatoms. The Balaban J connectivity index is 1.75. The number of benzene rings is 3. The summed E-state index contributed by atoms with van der Waals surface area (Å²) in [6.45, 7) is 0. The van der Waals surface area contributed by atoms with E-state index in [4.69, 9.17) is 14.2 Å². The Morgan fingerprint density at radius 3 is 2.28 bits per heavy atom. The maximum absolute atomic E-state index is 13.4. The van der Waals surface area contributed by atoms with Crippen LogP contribution in [0.25, 0.3) is 0 Å². The van der Waals surface area contributed by atoms with E-state index in [0.29, 0.717) is 0 Å². The average Bonchev–Trinajstić information content (AvgIpc) is 2.73. The van der Waals surface area contributed by atoms with Gasteiger partial charge in [0.1, 0.15) is 22.8 Å². The van der Waals surface area contributed by atoms with Gasteiger partial charge in [-0.25, -0.2) is 4.79 Å². The maximum Gasteiger partial charge on any atom is 0.335 e. The second-order valence-electron chi connectivity index (χ2n) is 7.24. The Kier molecular flexibility index (Phi) is 3.90. The van der Waals surface area contributed by atoms with Gasteiger partial charge in [-0.2, -0.15) is 0 Å². The lowest BCUT2D eigenvalue weighted by Gasteiger charge is -2.45. The second kappa shape index (κ2) is 6.45. The van der Waals surface area contributed by atoms with E-state index in [2.05, 4.69) is 0 Å². The van der Waals surface area contributed by atoms with Crippen molar-refractivity contribution in [3.63, 3.8) is 0 Å². The highest BCUT2D eigenvalue weighted by Gasteiger charge is 2.59. The van der Waals surface area contributed by atoms with E-state index >= 15 is 0 Å². The molecular weight excluding hydrogens is 424 g/mol. The number of carbonyl (C=O) groups is 2. The fourth-order valence-corrected chi connectivity index (χ4v) is 3.76. The minimum absolute atomic E-state index is 0.0411. The molecule has 32 heavy (non-hydrogen) atoms. The number of Topliss-reactive ketones (excluding diaryl/α,β-unsaturated/α-hetero) is 1. The molecule has 2 heterocycles. The molecular formula is C22H14O10. The van der Waals surface area contributed by atoms with Crippen LogP contribution >= 0.6 is 0 Å². The van der Waals surface area contributed by atoms with Crippen molar-refractivity contribution < 1.29 is 49.3 Å². The molecule has 0 saturated carbocycles. The molecule has 3 aromatic rings. The number of carboxylic acid groups (broad SMARTS) is 1. The number of hydrogen-bond acceptors (Lipinski definition) is 9. The molecule has 162 valence electrons. The van der Waals surface area contributed by atoms with Crippen molar-refractivity contribution in [1.82, 2.24) is 0 Å². The number of ether oxygens (including phenoxy) is 3. The zero-order chi connectivity index (χ0) is 22.8. The molecule has 2 aliphatic rings. The topological polar surface area (TPSA) is 163 Å². The number of aromatic hydroxyl groups is 4. The van der Waals surface area contributed by atoms with E-state index in [9.17, 15) is 35.1 Å². The summed E-state index contributed by atoms with van der Waals surface area (Å²) < 4.78 is 17.8. The molecule has 10 nitrogen and oxygen atoms in total. The van der Waals surface area contributed by atoms with Crippen LogP contribution in [-0.2, 0) is 5.79 Å². The summed E-state index contributed by atoms with van der Waals surface area (Å²) in [5.74, 6) is -6.12. The standard InChI is InChI=1S/C22H14O10/c23-11-7-14(26)18-17(8-11)32-22(10-2-3-12(24)13(25)6-10)20(19(18)27)30-16-5-9(21(28)29)1-4-15(16)31-22/h1-8,20,23-26H,(H,28,29). The van der Waals surface area contributed by atoms with Crippen molar-refractivity contribution in [3.8, 4) is 40.2 Å². The zero-order valence-electron chi connectivity index (χ0n) is 16.0. The van der Waals surface area contributed by atoms with Crippen molar-refractivity contribution in [2.45, 2.75) is 11.9 Å². The fraction of sp³-hybridized carbons (Fsp3) is 0.0909. The van der Waals surface area contributed by atoms with Crippen LogP contribution in [0.1, 0.15) is 26.3 Å². The smallest absolute Gasteiger partial charge is 0.335 e.